The Bertz CT molecular complexity index is 1340. The summed E-state index contributed by atoms with van der Waals surface area (Å²) in [6.45, 7) is 0. The Morgan fingerprint density at radius 1 is 0.513 bits per heavy atom. The Labute approximate surface area is 230 Å². The van der Waals surface area contributed by atoms with Crippen molar-refractivity contribution in [2.45, 2.75) is 23.9 Å². The lowest BCUT2D eigenvalue weighted by molar-refractivity contribution is -0.114. The molecule has 0 saturated heterocycles. The maximum atomic E-state index is 11.7. The van der Waals surface area contributed by atoms with Gasteiger partial charge in [0.25, 0.3) is 0 Å². The number of rotatable bonds is 10. The van der Waals surface area contributed by atoms with Gasteiger partial charge in [0.1, 0.15) is 23.9 Å². The van der Waals surface area contributed by atoms with Crippen molar-refractivity contribution in [1.82, 2.24) is 0 Å². The maximum absolute atomic E-state index is 11.7. The Morgan fingerprint density at radius 3 is 1.33 bits per heavy atom. The van der Waals surface area contributed by atoms with Crippen molar-refractivity contribution in [3.63, 3.8) is 0 Å². The second-order valence-corrected chi connectivity index (χ2v) is 9.48. The fourth-order valence-corrected chi connectivity index (χ4v) is 4.95. The molecule has 2 N–H and O–H groups in total. The molecular weight excluding hydrogens is 480 g/mol. The number of hydrogen-bond donors (Lipinski definition) is 2. The summed E-state index contributed by atoms with van der Waals surface area (Å²) in [5.74, 6) is 0. The van der Waals surface area contributed by atoms with E-state index in [0.717, 1.165) is 22.3 Å². The second-order valence-electron chi connectivity index (χ2n) is 9.48. The van der Waals surface area contributed by atoms with Gasteiger partial charge in [0.05, 0.1) is 0 Å². The largest absolute Gasteiger partial charge is 0.387 e. The van der Waals surface area contributed by atoms with Crippen molar-refractivity contribution in [2.75, 3.05) is 0 Å². The van der Waals surface area contributed by atoms with E-state index in [4.69, 9.17) is 4.74 Å². The number of ether oxygens (including phenoxy) is 1. The number of benzene rings is 5. The molecule has 0 aliphatic carbocycles. The minimum absolute atomic E-state index is 0.622. The van der Waals surface area contributed by atoms with Crippen LogP contribution in [0.2, 0.25) is 0 Å². The van der Waals surface area contributed by atoms with Crippen molar-refractivity contribution in [3.8, 4) is 0 Å². The van der Waals surface area contributed by atoms with E-state index in [-0.39, 0.29) is 0 Å². The smallest absolute Gasteiger partial charge is 0.144 e. The lowest BCUT2D eigenvalue weighted by Crippen LogP contribution is -2.42. The standard InChI is InChI=1S/C36H32O3/c37-34(29-18-8-2-9-19-29)35(38)33(27-26-28-16-6-1-7-17-28)39-36(30-20-10-3-11-21-30,31-22-12-4-13-23-31)32-24-14-5-15-25-32/h1-27,33-35,37-38H/b27-26+/t33-,34+,35+/m0/s1. The number of aliphatic hydroxyl groups is 2. The molecule has 194 valence electrons. The van der Waals surface area contributed by atoms with E-state index in [1.807, 2.05) is 164 Å². The summed E-state index contributed by atoms with van der Waals surface area (Å²) in [5, 5.41) is 23.0. The van der Waals surface area contributed by atoms with Crippen LogP contribution >= 0.6 is 0 Å². The molecule has 5 aromatic carbocycles. The van der Waals surface area contributed by atoms with Gasteiger partial charge in [-0.2, -0.15) is 0 Å². The van der Waals surface area contributed by atoms with Crippen LogP contribution in [0.1, 0.15) is 33.9 Å². The quantitative estimate of drug-likeness (QED) is 0.195. The Morgan fingerprint density at radius 2 is 0.897 bits per heavy atom. The van der Waals surface area contributed by atoms with Crippen LogP contribution < -0.4 is 0 Å². The molecule has 3 nitrogen and oxygen atoms in total. The van der Waals surface area contributed by atoms with Crippen LogP contribution in [0.25, 0.3) is 6.08 Å². The van der Waals surface area contributed by atoms with E-state index in [1.54, 1.807) is 0 Å². The van der Waals surface area contributed by atoms with Crippen LogP contribution in [-0.2, 0) is 10.3 Å². The molecule has 0 unspecified atom stereocenters. The molecule has 3 heteroatoms. The van der Waals surface area contributed by atoms with Gasteiger partial charge in [-0.3, -0.25) is 0 Å². The van der Waals surface area contributed by atoms with Gasteiger partial charge in [0.15, 0.2) is 0 Å². The summed E-state index contributed by atoms with van der Waals surface area (Å²) in [5.41, 5.74) is 3.28. The first-order chi connectivity index (χ1) is 19.2. The van der Waals surface area contributed by atoms with Crippen molar-refractivity contribution in [3.05, 3.63) is 186 Å². The predicted octanol–water partition coefficient (Wildman–Crippen LogP) is 7.17. The molecular formula is C36H32O3. The van der Waals surface area contributed by atoms with Crippen LogP contribution in [0, 0.1) is 0 Å². The summed E-state index contributed by atoms with van der Waals surface area (Å²) in [4.78, 5) is 0. The van der Waals surface area contributed by atoms with Gasteiger partial charge in [0, 0.05) is 0 Å². The zero-order valence-electron chi connectivity index (χ0n) is 21.6. The fourth-order valence-electron chi connectivity index (χ4n) is 4.95. The van der Waals surface area contributed by atoms with Crippen LogP contribution in [0.4, 0.5) is 0 Å². The summed E-state index contributed by atoms with van der Waals surface area (Å²) in [6.07, 6.45) is 0.494. The average Bonchev–Trinajstić information content (AvgIpc) is 3.03. The number of hydrogen-bond acceptors (Lipinski definition) is 3. The Balaban J connectivity index is 1.67. The third kappa shape index (κ3) is 5.92. The first-order valence-corrected chi connectivity index (χ1v) is 13.2. The molecule has 0 aliphatic rings. The van der Waals surface area contributed by atoms with Gasteiger partial charge in [-0.15, -0.1) is 0 Å². The lowest BCUT2D eigenvalue weighted by Gasteiger charge is -2.40. The minimum atomic E-state index is -1.25. The van der Waals surface area contributed by atoms with Crippen molar-refractivity contribution >= 4 is 6.08 Å². The third-order valence-electron chi connectivity index (χ3n) is 6.93. The van der Waals surface area contributed by atoms with Crippen LogP contribution in [-0.4, -0.2) is 22.4 Å². The summed E-state index contributed by atoms with van der Waals surface area (Å²) < 4.78 is 7.13. The van der Waals surface area contributed by atoms with Crippen molar-refractivity contribution in [2.24, 2.45) is 0 Å². The molecule has 0 spiro atoms. The predicted molar refractivity (Wildman–Crippen MR) is 157 cm³/mol. The Kier molecular flexibility index (Phi) is 8.45. The molecule has 5 rings (SSSR count). The van der Waals surface area contributed by atoms with E-state index in [0.29, 0.717) is 5.56 Å². The molecule has 0 radical (unpaired) electrons. The molecule has 0 aliphatic heterocycles. The minimum Gasteiger partial charge on any atom is -0.387 e. The van der Waals surface area contributed by atoms with Gasteiger partial charge in [-0.05, 0) is 27.8 Å². The highest BCUT2D eigenvalue weighted by atomic mass is 16.5. The molecule has 5 aromatic rings. The van der Waals surface area contributed by atoms with Crippen molar-refractivity contribution < 1.29 is 14.9 Å². The number of aliphatic hydroxyl groups excluding tert-OH is 2. The highest BCUT2D eigenvalue weighted by Crippen LogP contribution is 2.42. The SMILES string of the molecule is O[C@H]([C@H](/C=C/c1ccccc1)OC(c1ccccc1)(c1ccccc1)c1ccccc1)[C@H](O)c1ccccc1. The molecule has 0 heterocycles. The lowest BCUT2D eigenvalue weighted by atomic mass is 9.79. The summed E-state index contributed by atoms with van der Waals surface area (Å²) in [7, 11) is 0. The summed E-state index contributed by atoms with van der Waals surface area (Å²) in [6, 6.07) is 49.2. The van der Waals surface area contributed by atoms with Crippen molar-refractivity contribution in [1.29, 1.82) is 0 Å². The average molecular weight is 513 g/mol. The monoisotopic (exact) mass is 512 g/mol. The van der Waals surface area contributed by atoms with Gasteiger partial charge in [-0.25, -0.2) is 0 Å². The first kappa shape index (κ1) is 26.3. The van der Waals surface area contributed by atoms with Gasteiger partial charge >= 0.3 is 0 Å². The molecule has 0 saturated carbocycles. The van der Waals surface area contributed by atoms with Crippen LogP contribution in [0.3, 0.4) is 0 Å². The molecule has 39 heavy (non-hydrogen) atoms. The van der Waals surface area contributed by atoms with Crippen LogP contribution in [0.15, 0.2) is 158 Å². The zero-order chi connectivity index (χ0) is 26.9. The first-order valence-electron chi connectivity index (χ1n) is 13.2. The summed E-state index contributed by atoms with van der Waals surface area (Å²) >= 11 is 0. The third-order valence-corrected chi connectivity index (χ3v) is 6.93. The molecule has 3 atom stereocenters. The van der Waals surface area contributed by atoms with E-state index >= 15 is 0 Å². The zero-order valence-corrected chi connectivity index (χ0v) is 21.6. The Hall–Kier alpha value is -4.28. The topological polar surface area (TPSA) is 49.7 Å². The highest BCUT2D eigenvalue weighted by molar-refractivity contribution is 5.51. The normalized spacial score (nSPS) is 14.1. The van der Waals surface area contributed by atoms with E-state index < -0.39 is 23.9 Å². The van der Waals surface area contributed by atoms with Gasteiger partial charge in [-0.1, -0.05) is 164 Å². The molecule has 0 amide bonds. The van der Waals surface area contributed by atoms with Gasteiger partial charge < -0.3 is 14.9 Å². The van der Waals surface area contributed by atoms with Gasteiger partial charge in [0.2, 0.25) is 0 Å². The van der Waals surface area contributed by atoms with E-state index in [1.165, 1.54) is 0 Å². The van der Waals surface area contributed by atoms with Crippen LogP contribution in [0.5, 0.6) is 0 Å². The highest BCUT2D eigenvalue weighted by Gasteiger charge is 2.42. The maximum Gasteiger partial charge on any atom is 0.144 e. The van der Waals surface area contributed by atoms with E-state index in [9.17, 15) is 10.2 Å². The molecule has 0 bridgehead atoms. The molecule has 0 fully saturated rings. The second kappa shape index (κ2) is 12.5. The fraction of sp³-hybridized carbons (Fsp3) is 0.111. The van der Waals surface area contributed by atoms with E-state index in [2.05, 4.69) is 0 Å². The molecule has 0 aromatic heterocycles.